The molecule has 1 aliphatic rings. The summed E-state index contributed by atoms with van der Waals surface area (Å²) in [6.07, 6.45) is 3.55. The van der Waals surface area contributed by atoms with Crippen molar-refractivity contribution in [2.45, 2.75) is 45.6 Å². The number of nitrogens with two attached hydrogens (primary N) is 1. The van der Waals surface area contributed by atoms with Gasteiger partial charge in [0.05, 0.1) is 6.04 Å². The SMILES string of the molecule is CCC1c2ccsc2CCN1C(=O)CCC(C)CN. The van der Waals surface area contributed by atoms with Crippen LogP contribution in [-0.4, -0.2) is 23.9 Å². The topological polar surface area (TPSA) is 46.3 Å². The van der Waals surface area contributed by atoms with Gasteiger partial charge in [0.1, 0.15) is 0 Å². The molecule has 0 saturated heterocycles. The molecular formula is C15H24N2OS. The Balaban J connectivity index is 2.02. The van der Waals surface area contributed by atoms with Gasteiger partial charge in [0.25, 0.3) is 0 Å². The average molecular weight is 280 g/mol. The molecule has 0 aromatic carbocycles. The second kappa shape index (κ2) is 6.53. The van der Waals surface area contributed by atoms with Gasteiger partial charge in [0.2, 0.25) is 5.91 Å². The minimum absolute atomic E-state index is 0.288. The maximum atomic E-state index is 12.4. The molecule has 1 aliphatic heterocycles. The van der Waals surface area contributed by atoms with Crippen molar-refractivity contribution in [2.75, 3.05) is 13.1 Å². The molecule has 2 heterocycles. The number of nitrogens with zero attached hydrogens (tertiary/aromatic N) is 1. The Hall–Kier alpha value is -0.870. The van der Waals surface area contributed by atoms with E-state index in [0.29, 0.717) is 24.8 Å². The van der Waals surface area contributed by atoms with Crippen molar-refractivity contribution in [3.05, 3.63) is 21.9 Å². The van der Waals surface area contributed by atoms with Gasteiger partial charge in [-0.05, 0) is 48.7 Å². The summed E-state index contributed by atoms with van der Waals surface area (Å²) in [4.78, 5) is 16.0. The molecule has 0 radical (unpaired) electrons. The predicted molar refractivity (Wildman–Crippen MR) is 80.2 cm³/mol. The van der Waals surface area contributed by atoms with E-state index in [1.807, 2.05) is 11.3 Å². The maximum absolute atomic E-state index is 12.4. The second-order valence-corrected chi connectivity index (χ2v) is 6.44. The Bertz CT molecular complexity index is 430. The third kappa shape index (κ3) is 3.18. The quantitative estimate of drug-likeness (QED) is 0.901. The second-order valence-electron chi connectivity index (χ2n) is 5.44. The smallest absolute Gasteiger partial charge is 0.223 e. The first-order chi connectivity index (χ1) is 9.17. The lowest BCUT2D eigenvalue weighted by molar-refractivity contribution is -0.134. The monoisotopic (exact) mass is 280 g/mol. The van der Waals surface area contributed by atoms with Crippen LogP contribution in [0.25, 0.3) is 0 Å². The number of rotatable bonds is 5. The van der Waals surface area contributed by atoms with Crippen LogP contribution >= 0.6 is 11.3 Å². The summed E-state index contributed by atoms with van der Waals surface area (Å²) < 4.78 is 0. The Morgan fingerprint density at radius 1 is 1.63 bits per heavy atom. The molecule has 4 heteroatoms. The van der Waals surface area contributed by atoms with Crippen LogP contribution in [0.1, 0.15) is 49.6 Å². The third-order valence-electron chi connectivity index (χ3n) is 4.06. The van der Waals surface area contributed by atoms with Crippen LogP contribution in [0.5, 0.6) is 0 Å². The Morgan fingerprint density at radius 2 is 2.42 bits per heavy atom. The van der Waals surface area contributed by atoms with Crippen molar-refractivity contribution < 1.29 is 4.79 Å². The van der Waals surface area contributed by atoms with Crippen LogP contribution in [0.4, 0.5) is 0 Å². The van der Waals surface area contributed by atoms with E-state index in [-0.39, 0.29) is 6.04 Å². The molecule has 1 aromatic heterocycles. The van der Waals surface area contributed by atoms with Gasteiger partial charge in [0, 0.05) is 17.8 Å². The maximum Gasteiger partial charge on any atom is 0.223 e. The average Bonchev–Trinajstić information content (AvgIpc) is 2.91. The molecule has 0 bridgehead atoms. The highest BCUT2D eigenvalue weighted by Gasteiger charge is 2.29. The highest BCUT2D eigenvalue weighted by Crippen LogP contribution is 2.35. The number of hydrogen-bond donors (Lipinski definition) is 1. The van der Waals surface area contributed by atoms with Gasteiger partial charge in [0.15, 0.2) is 0 Å². The molecule has 2 rings (SSSR count). The summed E-state index contributed by atoms with van der Waals surface area (Å²) >= 11 is 1.83. The van der Waals surface area contributed by atoms with Crippen LogP contribution in [-0.2, 0) is 11.2 Å². The van der Waals surface area contributed by atoms with Crippen LogP contribution in [0, 0.1) is 5.92 Å². The molecule has 3 nitrogen and oxygen atoms in total. The fourth-order valence-corrected chi connectivity index (χ4v) is 3.69. The van der Waals surface area contributed by atoms with E-state index in [0.717, 1.165) is 25.8 Å². The fraction of sp³-hybridized carbons (Fsp3) is 0.667. The molecule has 0 fully saturated rings. The summed E-state index contributed by atoms with van der Waals surface area (Å²) in [5.74, 6) is 0.731. The Labute approximate surface area is 119 Å². The third-order valence-corrected chi connectivity index (χ3v) is 5.05. The standard InChI is InChI=1S/C15H24N2OS/c1-3-13-12-7-9-19-14(12)6-8-17(13)15(18)5-4-11(2)10-16/h7,9,11,13H,3-6,8,10,16H2,1-2H3. The van der Waals surface area contributed by atoms with E-state index in [1.54, 1.807) is 0 Å². The lowest BCUT2D eigenvalue weighted by Crippen LogP contribution is -2.39. The first-order valence-electron chi connectivity index (χ1n) is 7.23. The zero-order chi connectivity index (χ0) is 13.8. The molecular weight excluding hydrogens is 256 g/mol. The number of amides is 1. The molecule has 106 valence electrons. The van der Waals surface area contributed by atoms with E-state index >= 15 is 0 Å². The molecule has 1 amide bonds. The van der Waals surface area contributed by atoms with Gasteiger partial charge in [-0.2, -0.15) is 0 Å². The summed E-state index contributed by atoms with van der Waals surface area (Å²) in [6, 6.07) is 2.48. The largest absolute Gasteiger partial charge is 0.335 e. The van der Waals surface area contributed by atoms with Gasteiger partial charge >= 0.3 is 0 Å². The number of carbonyl (C=O) groups excluding carboxylic acids is 1. The van der Waals surface area contributed by atoms with Gasteiger partial charge in [-0.25, -0.2) is 0 Å². The molecule has 2 atom stereocenters. The van der Waals surface area contributed by atoms with Crippen LogP contribution in [0.2, 0.25) is 0 Å². The van der Waals surface area contributed by atoms with Crippen molar-refractivity contribution in [1.29, 1.82) is 0 Å². The van der Waals surface area contributed by atoms with Gasteiger partial charge in [-0.1, -0.05) is 13.8 Å². The van der Waals surface area contributed by atoms with Crippen LogP contribution < -0.4 is 5.73 Å². The summed E-state index contributed by atoms with van der Waals surface area (Å²) in [5.41, 5.74) is 6.99. The first kappa shape index (κ1) is 14.5. The van der Waals surface area contributed by atoms with Gasteiger partial charge in [-0.3, -0.25) is 4.79 Å². The van der Waals surface area contributed by atoms with Crippen molar-refractivity contribution in [1.82, 2.24) is 4.90 Å². The summed E-state index contributed by atoms with van der Waals surface area (Å²) in [7, 11) is 0. The molecule has 1 aromatic rings. The van der Waals surface area contributed by atoms with E-state index < -0.39 is 0 Å². The lowest BCUT2D eigenvalue weighted by Gasteiger charge is -2.35. The van der Waals surface area contributed by atoms with Crippen molar-refractivity contribution in [2.24, 2.45) is 11.7 Å². The van der Waals surface area contributed by atoms with E-state index in [2.05, 4.69) is 30.2 Å². The fourth-order valence-electron chi connectivity index (χ4n) is 2.77. The number of fused-ring (bicyclic) bond motifs is 1. The molecule has 2 N–H and O–H groups in total. The normalized spacial score (nSPS) is 20.2. The van der Waals surface area contributed by atoms with E-state index in [9.17, 15) is 4.79 Å². The van der Waals surface area contributed by atoms with Crippen molar-refractivity contribution >= 4 is 17.2 Å². The lowest BCUT2D eigenvalue weighted by atomic mass is 9.96. The van der Waals surface area contributed by atoms with E-state index in [4.69, 9.17) is 5.73 Å². The summed E-state index contributed by atoms with van der Waals surface area (Å²) in [5, 5.41) is 2.15. The molecule has 0 aliphatic carbocycles. The highest BCUT2D eigenvalue weighted by molar-refractivity contribution is 7.10. The molecule has 19 heavy (non-hydrogen) atoms. The highest BCUT2D eigenvalue weighted by atomic mass is 32.1. The van der Waals surface area contributed by atoms with E-state index in [1.165, 1.54) is 10.4 Å². The van der Waals surface area contributed by atoms with Crippen molar-refractivity contribution in [3.63, 3.8) is 0 Å². The Morgan fingerprint density at radius 3 is 3.11 bits per heavy atom. The molecule has 2 unspecified atom stereocenters. The molecule has 0 spiro atoms. The van der Waals surface area contributed by atoms with Crippen LogP contribution in [0.3, 0.4) is 0 Å². The number of hydrogen-bond acceptors (Lipinski definition) is 3. The minimum atomic E-state index is 0.288. The molecule has 0 saturated carbocycles. The first-order valence-corrected chi connectivity index (χ1v) is 8.11. The zero-order valence-electron chi connectivity index (χ0n) is 11.9. The zero-order valence-corrected chi connectivity index (χ0v) is 12.7. The number of carbonyl (C=O) groups is 1. The van der Waals surface area contributed by atoms with Crippen molar-refractivity contribution in [3.8, 4) is 0 Å². The summed E-state index contributed by atoms with van der Waals surface area (Å²) in [6.45, 7) is 5.82. The number of thiophene rings is 1. The minimum Gasteiger partial charge on any atom is -0.335 e. The Kier molecular flexibility index (Phi) is 4.99. The predicted octanol–water partition coefficient (Wildman–Crippen LogP) is 2.96. The van der Waals surface area contributed by atoms with Crippen LogP contribution in [0.15, 0.2) is 11.4 Å². The van der Waals surface area contributed by atoms with Gasteiger partial charge < -0.3 is 10.6 Å². The van der Waals surface area contributed by atoms with Gasteiger partial charge in [-0.15, -0.1) is 11.3 Å².